The van der Waals surface area contributed by atoms with Crippen LogP contribution < -0.4 is 0 Å². The monoisotopic (exact) mass is 308 g/mol. The predicted octanol–water partition coefficient (Wildman–Crippen LogP) is 2.60. The molecule has 1 aliphatic carbocycles. The SMILES string of the molecule is Cc1ccc(-n2nc(C3CC3)nc2CCn2cncn2)cc1C. The fourth-order valence-electron chi connectivity index (χ4n) is 2.67. The molecular formula is C17H20N6. The second-order valence-electron chi connectivity index (χ2n) is 6.25. The molecule has 0 saturated heterocycles. The van der Waals surface area contributed by atoms with Gasteiger partial charge in [-0.3, -0.25) is 4.68 Å². The molecule has 0 spiro atoms. The Kier molecular flexibility index (Phi) is 3.44. The molecule has 1 saturated carbocycles. The van der Waals surface area contributed by atoms with Crippen molar-refractivity contribution in [1.82, 2.24) is 29.5 Å². The maximum atomic E-state index is 4.79. The van der Waals surface area contributed by atoms with Crippen molar-refractivity contribution in [2.75, 3.05) is 0 Å². The zero-order chi connectivity index (χ0) is 15.8. The van der Waals surface area contributed by atoms with Crippen molar-refractivity contribution < 1.29 is 0 Å². The molecule has 1 aliphatic rings. The average molecular weight is 308 g/mol. The summed E-state index contributed by atoms with van der Waals surface area (Å²) >= 11 is 0. The van der Waals surface area contributed by atoms with Gasteiger partial charge in [-0.1, -0.05) is 6.07 Å². The van der Waals surface area contributed by atoms with Gasteiger partial charge in [-0.05, 0) is 49.9 Å². The lowest BCUT2D eigenvalue weighted by atomic mass is 10.1. The van der Waals surface area contributed by atoms with E-state index in [9.17, 15) is 0 Å². The van der Waals surface area contributed by atoms with Gasteiger partial charge in [0.25, 0.3) is 0 Å². The number of aryl methyl sites for hydroxylation is 4. The van der Waals surface area contributed by atoms with Crippen LogP contribution in [-0.4, -0.2) is 29.5 Å². The highest BCUT2D eigenvalue weighted by atomic mass is 15.4. The number of nitrogens with zero attached hydrogens (tertiary/aromatic N) is 6. The number of hydrogen-bond acceptors (Lipinski definition) is 4. The Labute approximate surface area is 135 Å². The second kappa shape index (κ2) is 5.61. The van der Waals surface area contributed by atoms with Crippen molar-refractivity contribution >= 4 is 0 Å². The van der Waals surface area contributed by atoms with Crippen LogP contribution in [0.4, 0.5) is 0 Å². The van der Waals surface area contributed by atoms with Crippen molar-refractivity contribution in [1.29, 1.82) is 0 Å². The molecule has 2 heterocycles. The molecule has 1 aromatic carbocycles. The molecule has 1 fully saturated rings. The van der Waals surface area contributed by atoms with Crippen LogP contribution in [0.3, 0.4) is 0 Å². The first-order valence-corrected chi connectivity index (χ1v) is 8.06. The average Bonchev–Trinajstić information content (AvgIpc) is 3.10. The van der Waals surface area contributed by atoms with Crippen LogP contribution in [0.2, 0.25) is 0 Å². The lowest BCUT2D eigenvalue weighted by Gasteiger charge is -2.08. The molecule has 2 aromatic heterocycles. The Hall–Kier alpha value is -2.50. The molecule has 0 N–H and O–H groups in total. The van der Waals surface area contributed by atoms with Gasteiger partial charge in [-0.2, -0.15) is 10.2 Å². The Balaban J connectivity index is 1.67. The summed E-state index contributed by atoms with van der Waals surface area (Å²) in [4.78, 5) is 8.78. The van der Waals surface area contributed by atoms with Crippen molar-refractivity contribution in [3.05, 3.63) is 53.6 Å². The lowest BCUT2D eigenvalue weighted by Crippen LogP contribution is -2.08. The van der Waals surface area contributed by atoms with Crippen molar-refractivity contribution in [3.8, 4) is 5.69 Å². The first-order chi connectivity index (χ1) is 11.2. The summed E-state index contributed by atoms with van der Waals surface area (Å²) in [7, 11) is 0. The van der Waals surface area contributed by atoms with Crippen LogP contribution in [0.25, 0.3) is 5.69 Å². The summed E-state index contributed by atoms with van der Waals surface area (Å²) in [5, 5.41) is 8.94. The minimum Gasteiger partial charge on any atom is -0.253 e. The number of benzene rings is 1. The second-order valence-corrected chi connectivity index (χ2v) is 6.25. The van der Waals surface area contributed by atoms with E-state index in [1.807, 2.05) is 9.36 Å². The van der Waals surface area contributed by atoms with E-state index in [4.69, 9.17) is 10.1 Å². The number of hydrogen-bond donors (Lipinski definition) is 0. The van der Waals surface area contributed by atoms with E-state index in [-0.39, 0.29) is 0 Å². The van der Waals surface area contributed by atoms with Crippen LogP contribution in [0.5, 0.6) is 0 Å². The van der Waals surface area contributed by atoms with Crippen LogP contribution in [-0.2, 0) is 13.0 Å². The van der Waals surface area contributed by atoms with Crippen LogP contribution in [0, 0.1) is 13.8 Å². The summed E-state index contributed by atoms with van der Waals surface area (Å²) in [5.41, 5.74) is 3.65. The molecule has 4 rings (SSSR count). The van der Waals surface area contributed by atoms with Gasteiger partial charge in [0.2, 0.25) is 0 Å². The van der Waals surface area contributed by atoms with Gasteiger partial charge in [0.15, 0.2) is 5.82 Å². The summed E-state index contributed by atoms with van der Waals surface area (Å²) in [6.07, 6.45) is 6.50. The highest BCUT2D eigenvalue weighted by molar-refractivity contribution is 5.39. The minimum atomic E-state index is 0.549. The van der Waals surface area contributed by atoms with E-state index >= 15 is 0 Å². The summed E-state index contributed by atoms with van der Waals surface area (Å²) in [6, 6.07) is 6.44. The third-order valence-electron chi connectivity index (χ3n) is 4.40. The number of aromatic nitrogens is 6. The zero-order valence-electron chi connectivity index (χ0n) is 13.5. The molecule has 0 amide bonds. The van der Waals surface area contributed by atoms with E-state index in [1.54, 1.807) is 12.7 Å². The van der Waals surface area contributed by atoms with Gasteiger partial charge >= 0.3 is 0 Å². The zero-order valence-corrected chi connectivity index (χ0v) is 13.5. The number of rotatable bonds is 5. The molecule has 6 heteroatoms. The maximum Gasteiger partial charge on any atom is 0.154 e. The summed E-state index contributed by atoms with van der Waals surface area (Å²) < 4.78 is 3.83. The van der Waals surface area contributed by atoms with Crippen LogP contribution in [0.1, 0.15) is 41.5 Å². The van der Waals surface area contributed by atoms with E-state index in [2.05, 4.69) is 42.1 Å². The molecule has 3 aromatic rings. The third-order valence-corrected chi connectivity index (χ3v) is 4.40. The Morgan fingerprint density at radius 2 is 2.04 bits per heavy atom. The van der Waals surface area contributed by atoms with E-state index in [1.165, 1.54) is 24.0 Å². The third kappa shape index (κ3) is 2.88. The molecule has 0 bridgehead atoms. The molecule has 23 heavy (non-hydrogen) atoms. The Morgan fingerprint density at radius 3 is 2.74 bits per heavy atom. The fourth-order valence-corrected chi connectivity index (χ4v) is 2.67. The molecule has 0 aliphatic heterocycles. The van der Waals surface area contributed by atoms with E-state index < -0.39 is 0 Å². The van der Waals surface area contributed by atoms with Crippen molar-refractivity contribution in [2.45, 2.75) is 45.6 Å². The van der Waals surface area contributed by atoms with Gasteiger partial charge in [0, 0.05) is 18.9 Å². The molecule has 0 radical (unpaired) electrons. The van der Waals surface area contributed by atoms with Gasteiger partial charge in [0.05, 0.1) is 5.69 Å². The predicted molar refractivity (Wildman–Crippen MR) is 86.5 cm³/mol. The highest BCUT2D eigenvalue weighted by Crippen LogP contribution is 2.38. The van der Waals surface area contributed by atoms with Crippen molar-refractivity contribution in [2.24, 2.45) is 0 Å². The van der Waals surface area contributed by atoms with E-state index in [0.717, 1.165) is 30.3 Å². The van der Waals surface area contributed by atoms with Crippen molar-refractivity contribution in [3.63, 3.8) is 0 Å². The topological polar surface area (TPSA) is 61.4 Å². The molecule has 118 valence electrons. The standard InChI is InChI=1S/C17H20N6/c1-12-3-6-15(9-13(12)2)23-16(7-8-22-11-18-10-19-22)20-17(21-23)14-4-5-14/h3,6,9-11,14H,4-5,7-8H2,1-2H3. The van der Waals surface area contributed by atoms with Gasteiger partial charge in [-0.25, -0.2) is 14.6 Å². The Morgan fingerprint density at radius 1 is 1.17 bits per heavy atom. The molecular weight excluding hydrogens is 288 g/mol. The quantitative estimate of drug-likeness (QED) is 0.727. The summed E-state index contributed by atoms with van der Waals surface area (Å²) in [5.74, 6) is 2.52. The summed E-state index contributed by atoms with van der Waals surface area (Å²) in [6.45, 7) is 5.02. The lowest BCUT2D eigenvalue weighted by molar-refractivity contribution is 0.589. The van der Waals surface area contributed by atoms with Crippen LogP contribution >= 0.6 is 0 Å². The smallest absolute Gasteiger partial charge is 0.154 e. The molecule has 6 nitrogen and oxygen atoms in total. The maximum absolute atomic E-state index is 4.79. The van der Waals surface area contributed by atoms with Gasteiger partial charge < -0.3 is 0 Å². The first kappa shape index (κ1) is 14.1. The fraction of sp³-hybridized carbons (Fsp3) is 0.412. The molecule has 0 atom stereocenters. The normalized spacial score (nSPS) is 14.3. The van der Waals surface area contributed by atoms with Gasteiger partial charge in [-0.15, -0.1) is 0 Å². The first-order valence-electron chi connectivity index (χ1n) is 8.06. The Bertz CT molecular complexity index is 814. The van der Waals surface area contributed by atoms with Gasteiger partial charge in [0.1, 0.15) is 18.5 Å². The van der Waals surface area contributed by atoms with E-state index in [0.29, 0.717) is 5.92 Å². The minimum absolute atomic E-state index is 0.549. The highest BCUT2D eigenvalue weighted by Gasteiger charge is 2.29. The van der Waals surface area contributed by atoms with Crippen LogP contribution in [0.15, 0.2) is 30.9 Å². The molecule has 0 unspecified atom stereocenters. The largest absolute Gasteiger partial charge is 0.253 e.